The molecule has 0 saturated carbocycles. The van der Waals surface area contributed by atoms with E-state index in [0.29, 0.717) is 19.6 Å². The van der Waals surface area contributed by atoms with Crippen LogP contribution in [0, 0.1) is 5.92 Å². The van der Waals surface area contributed by atoms with Crippen molar-refractivity contribution in [2.24, 2.45) is 5.92 Å². The number of rotatable bonds is 10. The number of carbonyl (C=O) groups excluding carboxylic acids is 1. The largest absolute Gasteiger partial charge is 0.465 e. The third-order valence-corrected chi connectivity index (χ3v) is 5.88. The van der Waals surface area contributed by atoms with Gasteiger partial charge in [-0.1, -0.05) is 33.8 Å². The van der Waals surface area contributed by atoms with Crippen molar-refractivity contribution in [3.8, 4) is 0 Å². The summed E-state index contributed by atoms with van der Waals surface area (Å²) in [6, 6.07) is 6.02. The highest BCUT2D eigenvalue weighted by atomic mass is 32.2. The molecule has 0 radical (unpaired) electrons. The van der Waals surface area contributed by atoms with Gasteiger partial charge < -0.3 is 9.64 Å². The van der Waals surface area contributed by atoms with E-state index in [1.165, 1.54) is 23.5 Å². The lowest BCUT2D eigenvalue weighted by Gasteiger charge is -2.27. The smallest absolute Gasteiger partial charge is 0.337 e. The normalized spacial score (nSPS) is 12.2. The fraction of sp³-hybridized carbons (Fsp3) is 0.611. The summed E-state index contributed by atoms with van der Waals surface area (Å²) in [5.74, 6) is -0.342. The Morgan fingerprint density at radius 1 is 1.16 bits per heavy atom. The van der Waals surface area contributed by atoms with Crippen LogP contribution in [0.4, 0.5) is 0 Å². The zero-order chi connectivity index (χ0) is 19.0. The molecule has 0 spiro atoms. The molecule has 0 aliphatic rings. The van der Waals surface area contributed by atoms with Crippen molar-refractivity contribution < 1.29 is 17.9 Å². The molecule has 0 amide bonds. The summed E-state index contributed by atoms with van der Waals surface area (Å²) in [4.78, 5) is 14.0. The zero-order valence-corrected chi connectivity index (χ0v) is 16.7. The second-order valence-electron chi connectivity index (χ2n) is 6.30. The minimum atomic E-state index is -3.67. The predicted octanol–water partition coefficient (Wildman–Crippen LogP) is 2.46. The fourth-order valence-corrected chi connectivity index (χ4v) is 4.20. The Hall–Kier alpha value is -1.44. The fourth-order valence-electron chi connectivity index (χ4n) is 2.56. The van der Waals surface area contributed by atoms with Gasteiger partial charge in [-0.15, -0.1) is 0 Å². The molecule has 6 nitrogen and oxygen atoms in total. The number of likely N-dealkylation sites (N-methyl/N-ethyl adjacent to an activating group) is 1. The first-order chi connectivity index (χ1) is 11.8. The van der Waals surface area contributed by atoms with Gasteiger partial charge in [-0.3, -0.25) is 0 Å². The SMILES string of the molecule is CCN(CC)CCN(CC(C)C)S(=O)(=O)c1cccc(C(=O)OC)c1. The summed E-state index contributed by atoms with van der Waals surface area (Å²) >= 11 is 0. The number of esters is 1. The quantitative estimate of drug-likeness (QED) is 0.592. The number of sulfonamides is 1. The van der Waals surface area contributed by atoms with Gasteiger partial charge in [0.15, 0.2) is 0 Å². The molecule has 1 aromatic carbocycles. The van der Waals surface area contributed by atoms with Crippen LogP contribution < -0.4 is 0 Å². The van der Waals surface area contributed by atoms with E-state index >= 15 is 0 Å². The van der Waals surface area contributed by atoms with Gasteiger partial charge in [0.05, 0.1) is 17.6 Å². The molecule has 0 bridgehead atoms. The lowest BCUT2D eigenvalue weighted by atomic mass is 10.2. The van der Waals surface area contributed by atoms with Crippen LogP contribution in [-0.4, -0.2) is 63.4 Å². The van der Waals surface area contributed by atoms with Crippen LogP contribution in [-0.2, 0) is 14.8 Å². The molecule has 0 atom stereocenters. The van der Waals surface area contributed by atoms with Crippen molar-refractivity contribution in [1.29, 1.82) is 0 Å². The maximum Gasteiger partial charge on any atom is 0.337 e. The predicted molar refractivity (Wildman–Crippen MR) is 99.2 cm³/mol. The highest BCUT2D eigenvalue weighted by Gasteiger charge is 2.26. The Kier molecular flexibility index (Phi) is 8.55. The van der Waals surface area contributed by atoms with Gasteiger partial charge in [-0.2, -0.15) is 4.31 Å². The molecule has 0 saturated heterocycles. The first-order valence-corrected chi connectivity index (χ1v) is 10.1. The van der Waals surface area contributed by atoms with E-state index in [-0.39, 0.29) is 16.4 Å². The highest BCUT2D eigenvalue weighted by Crippen LogP contribution is 2.19. The van der Waals surface area contributed by atoms with Crippen molar-refractivity contribution in [1.82, 2.24) is 9.21 Å². The molecule has 0 aliphatic heterocycles. The minimum absolute atomic E-state index is 0.121. The van der Waals surface area contributed by atoms with Gasteiger partial charge in [-0.05, 0) is 37.2 Å². The summed E-state index contributed by atoms with van der Waals surface area (Å²) in [6.07, 6.45) is 0. The monoisotopic (exact) mass is 370 g/mol. The first kappa shape index (κ1) is 21.6. The van der Waals surface area contributed by atoms with Crippen molar-refractivity contribution in [2.75, 3.05) is 39.8 Å². The molecule has 142 valence electrons. The van der Waals surface area contributed by atoms with Crippen LogP contribution in [0.2, 0.25) is 0 Å². The Bertz CT molecular complexity index is 655. The molecule has 0 heterocycles. The molecular formula is C18H30N2O4S. The van der Waals surface area contributed by atoms with Crippen LogP contribution >= 0.6 is 0 Å². The molecule has 0 aliphatic carbocycles. The number of carbonyl (C=O) groups is 1. The lowest BCUT2D eigenvalue weighted by molar-refractivity contribution is 0.0600. The Labute approximate surface area is 151 Å². The Balaban J connectivity index is 3.12. The standard InChI is InChI=1S/C18H30N2O4S/c1-6-19(7-2)11-12-20(14-15(3)4)25(22,23)17-10-8-9-16(13-17)18(21)24-5/h8-10,13,15H,6-7,11-12,14H2,1-5H3. The number of methoxy groups -OCH3 is 1. The summed E-state index contributed by atoms with van der Waals surface area (Å²) in [7, 11) is -2.40. The Morgan fingerprint density at radius 3 is 2.32 bits per heavy atom. The van der Waals surface area contributed by atoms with Gasteiger partial charge in [0.2, 0.25) is 10.0 Å². The zero-order valence-electron chi connectivity index (χ0n) is 15.9. The number of ether oxygens (including phenoxy) is 1. The first-order valence-electron chi connectivity index (χ1n) is 8.67. The van der Waals surface area contributed by atoms with Crippen molar-refractivity contribution in [2.45, 2.75) is 32.6 Å². The summed E-state index contributed by atoms with van der Waals surface area (Å²) in [6.45, 7) is 11.4. The molecule has 25 heavy (non-hydrogen) atoms. The summed E-state index contributed by atoms with van der Waals surface area (Å²) in [5.41, 5.74) is 0.233. The average Bonchev–Trinajstić information content (AvgIpc) is 2.60. The van der Waals surface area contributed by atoms with Gasteiger partial charge >= 0.3 is 5.97 Å². The van der Waals surface area contributed by atoms with E-state index in [9.17, 15) is 13.2 Å². The molecule has 7 heteroatoms. The minimum Gasteiger partial charge on any atom is -0.465 e. The third kappa shape index (κ3) is 6.09. The van der Waals surface area contributed by atoms with Crippen molar-refractivity contribution in [3.63, 3.8) is 0 Å². The van der Waals surface area contributed by atoms with Crippen LogP contribution in [0.1, 0.15) is 38.1 Å². The van der Waals surface area contributed by atoms with E-state index < -0.39 is 16.0 Å². The highest BCUT2D eigenvalue weighted by molar-refractivity contribution is 7.89. The summed E-state index contributed by atoms with van der Waals surface area (Å²) in [5, 5.41) is 0. The maximum atomic E-state index is 13.1. The van der Waals surface area contributed by atoms with Gasteiger partial charge in [-0.25, -0.2) is 13.2 Å². The maximum absolute atomic E-state index is 13.1. The molecule has 1 rings (SSSR count). The van der Waals surface area contributed by atoms with Crippen LogP contribution in [0.25, 0.3) is 0 Å². The number of nitrogens with zero attached hydrogens (tertiary/aromatic N) is 2. The molecule has 0 fully saturated rings. The van der Waals surface area contributed by atoms with E-state index in [1.54, 1.807) is 12.1 Å². The van der Waals surface area contributed by atoms with E-state index in [2.05, 4.69) is 23.5 Å². The van der Waals surface area contributed by atoms with Crippen LogP contribution in [0.3, 0.4) is 0 Å². The number of benzene rings is 1. The number of hydrogen-bond acceptors (Lipinski definition) is 5. The molecule has 0 N–H and O–H groups in total. The molecule has 0 unspecified atom stereocenters. The molecule has 1 aromatic rings. The van der Waals surface area contributed by atoms with E-state index in [1.807, 2.05) is 13.8 Å². The number of hydrogen-bond donors (Lipinski definition) is 0. The van der Waals surface area contributed by atoms with Gasteiger partial charge in [0.1, 0.15) is 0 Å². The molecular weight excluding hydrogens is 340 g/mol. The van der Waals surface area contributed by atoms with E-state index in [0.717, 1.165) is 13.1 Å². The Morgan fingerprint density at radius 2 is 1.80 bits per heavy atom. The van der Waals surface area contributed by atoms with Crippen LogP contribution in [0.15, 0.2) is 29.2 Å². The van der Waals surface area contributed by atoms with Crippen molar-refractivity contribution in [3.05, 3.63) is 29.8 Å². The average molecular weight is 371 g/mol. The topological polar surface area (TPSA) is 66.9 Å². The van der Waals surface area contributed by atoms with E-state index in [4.69, 9.17) is 0 Å². The van der Waals surface area contributed by atoms with Gasteiger partial charge in [0.25, 0.3) is 0 Å². The van der Waals surface area contributed by atoms with Gasteiger partial charge in [0, 0.05) is 19.6 Å². The summed E-state index contributed by atoms with van der Waals surface area (Å²) < 4.78 is 32.3. The molecule has 0 aromatic heterocycles. The van der Waals surface area contributed by atoms with Crippen molar-refractivity contribution >= 4 is 16.0 Å². The second kappa shape index (κ2) is 9.89. The lowest BCUT2D eigenvalue weighted by Crippen LogP contribution is -2.40. The second-order valence-corrected chi connectivity index (χ2v) is 8.24. The van der Waals surface area contributed by atoms with Crippen LogP contribution in [0.5, 0.6) is 0 Å². The third-order valence-electron chi connectivity index (χ3n) is 4.02.